The molecule has 0 aromatic carbocycles. The van der Waals surface area contributed by atoms with Crippen molar-refractivity contribution in [3.8, 4) is 0 Å². The van der Waals surface area contributed by atoms with Crippen molar-refractivity contribution in [1.82, 2.24) is 0 Å². The lowest BCUT2D eigenvalue weighted by Gasteiger charge is -2.25. The molecule has 10 heavy (non-hydrogen) atoms. The van der Waals surface area contributed by atoms with Crippen LogP contribution in [0.15, 0.2) is 0 Å². The summed E-state index contributed by atoms with van der Waals surface area (Å²) in [6, 6.07) is 0. The lowest BCUT2D eigenvalue weighted by Crippen LogP contribution is -2.31. The molecule has 2 heteroatoms. The van der Waals surface area contributed by atoms with E-state index in [9.17, 15) is 9.18 Å². The van der Waals surface area contributed by atoms with Gasteiger partial charge in [-0.3, -0.25) is 4.79 Å². The molecule has 1 aliphatic carbocycles. The first-order chi connectivity index (χ1) is 4.61. The highest BCUT2D eigenvalue weighted by atomic mass is 19.1. The topological polar surface area (TPSA) is 17.1 Å². The predicted molar refractivity (Wildman–Crippen MR) is 37.5 cm³/mol. The van der Waals surface area contributed by atoms with Gasteiger partial charge in [-0.2, -0.15) is 0 Å². The second-order valence-electron chi connectivity index (χ2n) is 3.39. The van der Waals surface area contributed by atoms with Gasteiger partial charge in [0.25, 0.3) is 0 Å². The van der Waals surface area contributed by atoms with Crippen LogP contribution in [0.5, 0.6) is 0 Å². The minimum atomic E-state index is -1.18. The minimum Gasteiger partial charge on any atom is -0.296 e. The number of hydrogen-bond donors (Lipinski definition) is 0. The summed E-state index contributed by atoms with van der Waals surface area (Å²) in [6.07, 6.45) is 0.106. The fourth-order valence-corrected chi connectivity index (χ4v) is 1.61. The second-order valence-corrected chi connectivity index (χ2v) is 3.39. The third-order valence-electron chi connectivity index (χ3n) is 2.13. The Kier molecular flexibility index (Phi) is 2.07. The van der Waals surface area contributed by atoms with Crippen molar-refractivity contribution in [3.63, 3.8) is 0 Å². The molecule has 3 unspecified atom stereocenters. The molecule has 0 N–H and O–H groups in total. The molecule has 0 spiro atoms. The zero-order valence-corrected chi connectivity index (χ0v) is 6.43. The van der Waals surface area contributed by atoms with E-state index in [1.54, 1.807) is 6.92 Å². The van der Waals surface area contributed by atoms with Crippen molar-refractivity contribution in [1.29, 1.82) is 0 Å². The van der Waals surface area contributed by atoms with Gasteiger partial charge in [-0.15, -0.1) is 0 Å². The van der Waals surface area contributed by atoms with Crippen LogP contribution in [0.3, 0.4) is 0 Å². The predicted octanol–water partition coefficient (Wildman–Crippen LogP) is 1.96. The summed E-state index contributed by atoms with van der Waals surface area (Å²) in [6.45, 7) is 3.80. The van der Waals surface area contributed by atoms with Gasteiger partial charge in [0.15, 0.2) is 12.0 Å². The first-order valence-electron chi connectivity index (χ1n) is 3.78. The molecule has 1 saturated carbocycles. The summed E-state index contributed by atoms with van der Waals surface area (Å²) in [5, 5.41) is 0. The van der Waals surface area contributed by atoms with Crippen LogP contribution in [0.4, 0.5) is 4.39 Å². The summed E-state index contributed by atoms with van der Waals surface area (Å²) in [5.41, 5.74) is 0. The first kappa shape index (κ1) is 7.70. The highest BCUT2D eigenvalue weighted by Gasteiger charge is 2.31. The molecule has 0 saturated heterocycles. The Hall–Kier alpha value is -0.400. The standard InChI is InChI=1S/C8H13FO/c1-5-3-6(2)8(9)7(10)4-5/h5-6,8H,3-4H2,1-2H3. The van der Waals surface area contributed by atoms with Crippen molar-refractivity contribution in [2.75, 3.05) is 0 Å². The highest BCUT2D eigenvalue weighted by Crippen LogP contribution is 2.27. The van der Waals surface area contributed by atoms with Crippen molar-refractivity contribution < 1.29 is 9.18 Å². The van der Waals surface area contributed by atoms with Gasteiger partial charge in [-0.25, -0.2) is 4.39 Å². The maximum Gasteiger partial charge on any atom is 0.167 e. The molecule has 58 valence electrons. The molecule has 1 aliphatic rings. The van der Waals surface area contributed by atoms with Gasteiger partial charge >= 0.3 is 0 Å². The van der Waals surface area contributed by atoms with Gasteiger partial charge in [-0.1, -0.05) is 13.8 Å². The summed E-state index contributed by atoms with van der Waals surface area (Å²) in [7, 11) is 0. The molecule has 0 aromatic heterocycles. The van der Waals surface area contributed by atoms with Crippen molar-refractivity contribution >= 4 is 5.78 Å². The smallest absolute Gasteiger partial charge is 0.167 e. The summed E-state index contributed by atoms with van der Waals surface area (Å²) in [4.78, 5) is 10.8. The lowest BCUT2D eigenvalue weighted by molar-refractivity contribution is -0.129. The Morgan fingerprint density at radius 1 is 1.50 bits per heavy atom. The Balaban J connectivity index is 2.57. The fraction of sp³-hybridized carbons (Fsp3) is 0.875. The van der Waals surface area contributed by atoms with E-state index in [0.29, 0.717) is 12.3 Å². The molecule has 1 rings (SSSR count). The number of rotatable bonds is 0. The number of alkyl halides is 1. The Morgan fingerprint density at radius 2 is 2.10 bits per heavy atom. The number of halogens is 1. The number of ketones is 1. The largest absolute Gasteiger partial charge is 0.296 e. The van der Waals surface area contributed by atoms with Crippen LogP contribution in [-0.2, 0) is 4.79 Å². The van der Waals surface area contributed by atoms with Gasteiger partial charge in [0.05, 0.1) is 0 Å². The van der Waals surface area contributed by atoms with E-state index in [0.717, 1.165) is 6.42 Å². The zero-order chi connectivity index (χ0) is 7.72. The SMILES string of the molecule is CC1CC(=O)C(F)C(C)C1. The molecule has 0 amide bonds. The van der Waals surface area contributed by atoms with Gasteiger partial charge in [0.2, 0.25) is 0 Å². The van der Waals surface area contributed by atoms with Crippen LogP contribution in [0.1, 0.15) is 26.7 Å². The second kappa shape index (κ2) is 2.69. The lowest BCUT2D eigenvalue weighted by atomic mass is 9.81. The number of carbonyl (C=O) groups is 1. The van der Waals surface area contributed by atoms with E-state index in [1.807, 2.05) is 6.92 Å². The van der Waals surface area contributed by atoms with Crippen LogP contribution >= 0.6 is 0 Å². The van der Waals surface area contributed by atoms with E-state index < -0.39 is 6.17 Å². The van der Waals surface area contributed by atoms with E-state index in [-0.39, 0.29) is 11.7 Å². The van der Waals surface area contributed by atoms with Crippen LogP contribution in [0.25, 0.3) is 0 Å². The molecular formula is C8H13FO. The zero-order valence-electron chi connectivity index (χ0n) is 6.43. The van der Waals surface area contributed by atoms with Crippen LogP contribution in [-0.4, -0.2) is 12.0 Å². The highest BCUT2D eigenvalue weighted by molar-refractivity contribution is 5.84. The molecule has 1 nitrogen and oxygen atoms in total. The maximum atomic E-state index is 12.8. The van der Waals surface area contributed by atoms with Crippen molar-refractivity contribution in [2.45, 2.75) is 32.9 Å². The first-order valence-corrected chi connectivity index (χ1v) is 3.78. The van der Waals surface area contributed by atoms with Crippen LogP contribution < -0.4 is 0 Å². The molecule has 0 radical (unpaired) electrons. The fourth-order valence-electron chi connectivity index (χ4n) is 1.61. The van der Waals surface area contributed by atoms with E-state index >= 15 is 0 Å². The van der Waals surface area contributed by atoms with E-state index in [1.165, 1.54) is 0 Å². The van der Waals surface area contributed by atoms with Gasteiger partial charge < -0.3 is 0 Å². The summed E-state index contributed by atoms with van der Waals surface area (Å²) >= 11 is 0. The minimum absolute atomic E-state index is 0.0590. The van der Waals surface area contributed by atoms with Crippen molar-refractivity contribution in [3.05, 3.63) is 0 Å². The quantitative estimate of drug-likeness (QED) is 0.508. The molecule has 1 fully saturated rings. The number of carbonyl (C=O) groups excluding carboxylic acids is 1. The normalized spacial score (nSPS) is 41.9. The number of hydrogen-bond acceptors (Lipinski definition) is 1. The average molecular weight is 144 g/mol. The van der Waals surface area contributed by atoms with Crippen LogP contribution in [0, 0.1) is 11.8 Å². The molecule has 0 aliphatic heterocycles. The Morgan fingerprint density at radius 3 is 2.60 bits per heavy atom. The third-order valence-corrected chi connectivity index (χ3v) is 2.13. The third kappa shape index (κ3) is 1.36. The summed E-state index contributed by atoms with van der Waals surface area (Å²) < 4.78 is 12.8. The van der Waals surface area contributed by atoms with Gasteiger partial charge in [0.1, 0.15) is 0 Å². The average Bonchev–Trinajstić information content (AvgIpc) is 1.82. The van der Waals surface area contributed by atoms with Gasteiger partial charge in [-0.05, 0) is 18.3 Å². The Bertz CT molecular complexity index is 144. The van der Waals surface area contributed by atoms with Crippen LogP contribution in [0.2, 0.25) is 0 Å². The molecular weight excluding hydrogens is 131 g/mol. The Labute approximate surface area is 60.6 Å². The van der Waals surface area contributed by atoms with E-state index in [4.69, 9.17) is 0 Å². The van der Waals surface area contributed by atoms with Gasteiger partial charge in [0, 0.05) is 6.42 Å². The molecule has 0 bridgehead atoms. The molecule has 3 atom stereocenters. The molecule has 0 heterocycles. The van der Waals surface area contributed by atoms with E-state index in [2.05, 4.69) is 0 Å². The monoisotopic (exact) mass is 144 g/mol. The summed E-state index contributed by atoms with van der Waals surface area (Å²) in [5.74, 6) is 0.122. The molecule has 0 aromatic rings. The number of Topliss-reactive ketones (excluding diaryl/α,β-unsaturated/α-hetero) is 1. The van der Waals surface area contributed by atoms with Crippen molar-refractivity contribution in [2.24, 2.45) is 11.8 Å². The maximum absolute atomic E-state index is 12.8.